The van der Waals surface area contributed by atoms with Crippen molar-refractivity contribution in [3.8, 4) is 0 Å². The van der Waals surface area contributed by atoms with Gasteiger partial charge in [0.15, 0.2) is 0 Å². The van der Waals surface area contributed by atoms with Gasteiger partial charge >= 0.3 is 0 Å². The molecule has 4 rings (SSSR count). The van der Waals surface area contributed by atoms with E-state index in [2.05, 4.69) is 0 Å². The molecule has 2 aliphatic rings. The minimum absolute atomic E-state index is 0.120. The molecule has 0 spiro atoms. The van der Waals surface area contributed by atoms with Gasteiger partial charge in [-0.05, 0) is 12.5 Å². The number of quaternary nitrogens is 1. The molecule has 0 saturated carbocycles. The number of Topliss-reactive ketones (excluding diaryl/α,β-unsaturated/α-hetero) is 1. The van der Waals surface area contributed by atoms with E-state index < -0.39 is 17.7 Å². The summed E-state index contributed by atoms with van der Waals surface area (Å²) in [5, 5.41) is 11.0. The largest absolute Gasteiger partial charge is 0.507 e. The van der Waals surface area contributed by atoms with E-state index >= 15 is 0 Å². The van der Waals surface area contributed by atoms with Crippen LogP contribution in [0.25, 0.3) is 5.76 Å². The number of carbonyl (C=O) groups is 2. The summed E-state index contributed by atoms with van der Waals surface area (Å²) in [6.45, 7) is 6.85. The lowest BCUT2D eigenvalue weighted by atomic mass is 9.94. The fourth-order valence-corrected chi connectivity index (χ4v) is 4.37. The molecular weight excluding hydrogens is 392 g/mol. The van der Waals surface area contributed by atoms with Gasteiger partial charge < -0.3 is 19.6 Å². The summed E-state index contributed by atoms with van der Waals surface area (Å²) >= 11 is 0. The molecule has 2 saturated heterocycles. The van der Waals surface area contributed by atoms with E-state index in [4.69, 9.17) is 4.74 Å². The Kier molecular flexibility index (Phi) is 6.49. The van der Waals surface area contributed by atoms with Crippen molar-refractivity contribution < 1.29 is 24.3 Å². The Labute approximate surface area is 182 Å². The van der Waals surface area contributed by atoms with E-state index in [0.717, 1.165) is 50.4 Å². The van der Waals surface area contributed by atoms with Gasteiger partial charge in [0.05, 0.1) is 31.4 Å². The second-order valence-corrected chi connectivity index (χ2v) is 8.24. The monoisotopic (exact) mass is 421 g/mol. The van der Waals surface area contributed by atoms with Crippen molar-refractivity contribution in [2.45, 2.75) is 19.4 Å². The first-order valence-electron chi connectivity index (χ1n) is 10.9. The summed E-state index contributed by atoms with van der Waals surface area (Å²) in [5.74, 6) is -1.28. The molecule has 1 atom stereocenters. The Morgan fingerprint density at radius 1 is 1.06 bits per heavy atom. The van der Waals surface area contributed by atoms with Crippen LogP contribution in [-0.2, 0) is 14.3 Å². The van der Waals surface area contributed by atoms with Gasteiger partial charge in [0.25, 0.3) is 11.7 Å². The smallest absolute Gasteiger partial charge is 0.295 e. The highest BCUT2D eigenvalue weighted by Crippen LogP contribution is 2.39. The number of ketones is 1. The lowest BCUT2D eigenvalue weighted by Gasteiger charge is -2.27. The molecule has 31 heavy (non-hydrogen) atoms. The lowest BCUT2D eigenvalue weighted by Crippen LogP contribution is -3.14. The number of nitrogens with zero attached hydrogens (tertiary/aromatic N) is 1. The summed E-state index contributed by atoms with van der Waals surface area (Å²) in [4.78, 5) is 29.1. The predicted octanol–water partition coefficient (Wildman–Crippen LogP) is 1.72. The molecular formula is C25H29N2O4+. The van der Waals surface area contributed by atoms with Gasteiger partial charge in [0.2, 0.25) is 0 Å². The average Bonchev–Trinajstić information content (AvgIpc) is 3.05. The van der Waals surface area contributed by atoms with Gasteiger partial charge in [-0.15, -0.1) is 0 Å². The van der Waals surface area contributed by atoms with Gasteiger partial charge in [-0.3, -0.25) is 9.59 Å². The van der Waals surface area contributed by atoms with Crippen molar-refractivity contribution in [3.63, 3.8) is 0 Å². The first-order valence-corrected chi connectivity index (χ1v) is 10.9. The van der Waals surface area contributed by atoms with Crippen molar-refractivity contribution in [2.75, 3.05) is 39.4 Å². The van der Waals surface area contributed by atoms with Crippen LogP contribution in [0.3, 0.4) is 0 Å². The number of amides is 1. The third kappa shape index (κ3) is 4.55. The van der Waals surface area contributed by atoms with Crippen LogP contribution < -0.4 is 4.90 Å². The van der Waals surface area contributed by atoms with Crippen molar-refractivity contribution in [1.29, 1.82) is 0 Å². The topological polar surface area (TPSA) is 71.3 Å². The molecule has 0 bridgehead atoms. The number of aliphatic hydroxyl groups excluding tert-OH is 1. The molecule has 2 fully saturated rings. The Hall–Kier alpha value is -2.96. The fraction of sp³-hybridized carbons (Fsp3) is 0.360. The predicted molar refractivity (Wildman–Crippen MR) is 118 cm³/mol. The Balaban J connectivity index is 1.65. The Morgan fingerprint density at radius 2 is 1.74 bits per heavy atom. The number of aliphatic hydroxyl groups is 1. The van der Waals surface area contributed by atoms with Crippen LogP contribution in [0.1, 0.15) is 29.2 Å². The Bertz CT molecular complexity index is 963. The molecule has 0 aromatic heterocycles. The van der Waals surface area contributed by atoms with Crippen molar-refractivity contribution in [3.05, 3.63) is 76.9 Å². The van der Waals surface area contributed by atoms with Crippen molar-refractivity contribution >= 4 is 17.4 Å². The number of hydrogen-bond donors (Lipinski definition) is 2. The standard InChI is InChI=1S/C25H28N2O4/c1-18-8-10-19(11-9-18)22-21(23(28)20-6-3-2-4-7-20)24(29)25(30)27(22)13-5-12-26-14-16-31-17-15-26/h2-4,6-11,22,28H,5,12-17H2,1H3/p+1/t22-/m0/s1. The molecule has 2 aromatic rings. The molecule has 1 amide bonds. The zero-order chi connectivity index (χ0) is 21.8. The summed E-state index contributed by atoms with van der Waals surface area (Å²) < 4.78 is 5.41. The number of aryl methyl sites for hydroxylation is 1. The highest BCUT2D eigenvalue weighted by atomic mass is 16.5. The molecule has 2 aliphatic heterocycles. The number of ether oxygens (including phenoxy) is 1. The van der Waals surface area contributed by atoms with E-state index in [0.29, 0.717) is 12.1 Å². The van der Waals surface area contributed by atoms with E-state index in [1.54, 1.807) is 29.2 Å². The number of benzene rings is 2. The minimum Gasteiger partial charge on any atom is -0.507 e. The SMILES string of the molecule is Cc1ccc([C@H]2C(=C(O)c3ccccc3)C(=O)C(=O)N2CCC[NH+]2CCOCC2)cc1. The van der Waals surface area contributed by atoms with Gasteiger partial charge in [0.1, 0.15) is 18.8 Å². The molecule has 0 unspecified atom stereocenters. The third-order valence-corrected chi connectivity index (χ3v) is 6.11. The summed E-state index contributed by atoms with van der Waals surface area (Å²) in [7, 11) is 0. The number of rotatable bonds is 6. The molecule has 6 nitrogen and oxygen atoms in total. The lowest BCUT2D eigenvalue weighted by molar-refractivity contribution is -0.908. The van der Waals surface area contributed by atoms with Crippen LogP contribution in [0.4, 0.5) is 0 Å². The van der Waals surface area contributed by atoms with Crippen LogP contribution in [0, 0.1) is 6.92 Å². The maximum absolute atomic E-state index is 13.0. The molecule has 2 heterocycles. The average molecular weight is 422 g/mol. The van der Waals surface area contributed by atoms with Gasteiger partial charge in [0, 0.05) is 18.5 Å². The van der Waals surface area contributed by atoms with Crippen molar-refractivity contribution in [1.82, 2.24) is 4.90 Å². The molecule has 6 heteroatoms. The van der Waals surface area contributed by atoms with E-state index in [-0.39, 0.29) is 11.3 Å². The zero-order valence-corrected chi connectivity index (χ0v) is 17.8. The van der Waals surface area contributed by atoms with Gasteiger partial charge in [-0.2, -0.15) is 0 Å². The normalized spacial score (nSPS) is 21.6. The number of likely N-dealkylation sites (tertiary alicyclic amines) is 1. The number of nitrogens with one attached hydrogen (secondary N) is 1. The second kappa shape index (κ2) is 9.45. The minimum atomic E-state index is -0.620. The first-order chi connectivity index (χ1) is 15.1. The van der Waals surface area contributed by atoms with E-state index in [1.165, 1.54) is 4.90 Å². The maximum Gasteiger partial charge on any atom is 0.295 e. The quantitative estimate of drug-likeness (QED) is 0.423. The van der Waals surface area contributed by atoms with Crippen molar-refractivity contribution in [2.24, 2.45) is 0 Å². The van der Waals surface area contributed by atoms with E-state index in [9.17, 15) is 14.7 Å². The van der Waals surface area contributed by atoms with Crippen LogP contribution >= 0.6 is 0 Å². The van der Waals surface area contributed by atoms with Gasteiger partial charge in [-0.1, -0.05) is 60.2 Å². The maximum atomic E-state index is 13.0. The fourth-order valence-electron chi connectivity index (χ4n) is 4.37. The third-order valence-electron chi connectivity index (χ3n) is 6.11. The van der Waals surface area contributed by atoms with Gasteiger partial charge in [-0.25, -0.2) is 0 Å². The molecule has 0 radical (unpaired) electrons. The van der Waals surface area contributed by atoms with Crippen LogP contribution in [0.2, 0.25) is 0 Å². The van der Waals surface area contributed by atoms with Crippen LogP contribution in [-0.4, -0.2) is 61.1 Å². The highest BCUT2D eigenvalue weighted by molar-refractivity contribution is 6.46. The molecule has 2 N–H and O–H groups in total. The molecule has 0 aliphatic carbocycles. The number of morpholine rings is 1. The molecule has 162 valence electrons. The van der Waals surface area contributed by atoms with E-state index in [1.807, 2.05) is 37.3 Å². The Morgan fingerprint density at radius 3 is 2.42 bits per heavy atom. The highest BCUT2D eigenvalue weighted by Gasteiger charge is 2.45. The number of hydrogen-bond acceptors (Lipinski definition) is 4. The number of carbonyl (C=O) groups excluding carboxylic acids is 2. The molecule has 2 aromatic carbocycles. The van der Waals surface area contributed by atoms with Crippen LogP contribution in [0.5, 0.6) is 0 Å². The summed E-state index contributed by atoms with van der Waals surface area (Å²) in [6, 6.07) is 16.2. The first kappa shape index (κ1) is 21.3. The zero-order valence-electron chi connectivity index (χ0n) is 17.8. The van der Waals surface area contributed by atoms with Crippen LogP contribution in [0.15, 0.2) is 60.2 Å². The second-order valence-electron chi connectivity index (χ2n) is 8.24. The summed E-state index contributed by atoms with van der Waals surface area (Å²) in [6.07, 6.45) is 0.788. The summed E-state index contributed by atoms with van der Waals surface area (Å²) in [5.41, 5.74) is 2.63.